The minimum atomic E-state index is 0.999. The van der Waals surface area contributed by atoms with Crippen LogP contribution >= 0.6 is 23.5 Å². The van der Waals surface area contributed by atoms with Gasteiger partial charge in [0.15, 0.2) is 0 Å². The topological polar surface area (TPSA) is 25.8 Å². The van der Waals surface area contributed by atoms with E-state index in [2.05, 4.69) is 22.6 Å². The number of hydrogen-bond donors (Lipinski definition) is 0. The molecule has 0 aliphatic carbocycles. The van der Waals surface area contributed by atoms with Gasteiger partial charge in [-0.15, -0.1) is 11.8 Å². The highest BCUT2D eigenvalue weighted by molar-refractivity contribution is 7.99. The van der Waals surface area contributed by atoms with Crippen LogP contribution in [-0.2, 0) is 6.42 Å². The average molecular weight is 174 g/mol. The minimum absolute atomic E-state index is 0.999. The lowest BCUT2D eigenvalue weighted by atomic mass is 10.4. The molecular weight excluding hydrogens is 164 g/mol. The fraction of sp³-hybridized carbons (Fsp3) is 0.667. The van der Waals surface area contributed by atoms with Crippen LogP contribution in [0.15, 0.2) is 5.03 Å². The Bertz CT molecular complexity index is 197. The first kappa shape index (κ1) is 8.01. The van der Waals surface area contributed by atoms with Crippen LogP contribution in [0.1, 0.15) is 19.5 Å². The molecule has 1 heterocycles. The zero-order chi connectivity index (χ0) is 7.40. The summed E-state index contributed by atoms with van der Waals surface area (Å²) in [7, 11) is 0. The van der Waals surface area contributed by atoms with Gasteiger partial charge in [0, 0.05) is 0 Å². The van der Waals surface area contributed by atoms with Crippen LogP contribution < -0.4 is 0 Å². The molecule has 10 heavy (non-hydrogen) atoms. The van der Waals surface area contributed by atoms with Crippen LogP contribution in [-0.4, -0.2) is 14.5 Å². The van der Waals surface area contributed by atoms with Crippen molar-refractivity contribution in [3.05, 3.63) is 5.69 Å². The SMILES string of the molecule is CCSc1nsnc1CC. The van der Waals surface area contributed by atoms with Gasteiger partial charge in [0.2, 0.25) is 0 Å². The molecule has 56 valence electrons. The quantitative estimate of drug-likeness (QED) is 0.657. The molecule has 0 unspecified atom stereocenters. The second-order valence-corrected chi connectivity index (χ2v) is 3.58. The van der Waals surface area contributed by atoms with Gasteiger partial charge >= 0.3 is 0 Å². The van der Waals surface area contributed by atoms with Gasteiger partial charge in [-0.25, -0.2) is 0 Å². The second-order valence-electron chi connectivity index (χ2n) is 1.80. The third kappa shape index (κ3) is 1.70. The average Bonchev–Trinajstić information content (AvgIpc) is 2.36. The Hall–Kier alpha value is -0.0900. The van der Waals surface area contributed by atoms with Crippen molar-refractivity contribution in [2.45, 2.75) is 25.3 Å². The first-order chi connectivity index (χ1) is 4.88. The molecule has 0 fully saturated rings. The Balaban J connectivity index is 2.70. The van der Waals surface area contributed by atoms with Crippen molar-refractivity contribution in [2.75, 3.05) is 5.75 Å². The first-order valence-electron chi connectivity index (χ1n) is 3.32. The van der Waals surface area contributed by atoms with Crippen LogP contribution in [0.5, 0.6) is 0 Å². The predicted molar refractivity (Wildman–Crippen MR) is 45.7 cm³/mol. The molecule has 0 bridgehead atoms. The van der Waals surface area contributed by atoms with Gasteiger partial charge in [-0.2, -0.15) is 8.75 Å². The Morgan fingerprint density at radius 3 is 2.80 bits per heavy atom. The normalized spacial score (nSPS) is 10.2. The number of thioether (sulfide) groups is 1. The third-order valence-corrected chi connectivity index (χ3v) is 2.71. The van der Waals surface area contributed by atoms with E-state index in [1.165, 1.54) is 11.7 Å². The minimum Gasteiger partial charge on any atom is -0.177 e. The third-order valence-electron chi connectivity index (χ3n) is 1.14. The highest BCUT2D eigenvalue weighted by atomic mass is 32.2. The summed E-state index contributed by atoms with van der Waals surface area (Å²) in [5.74, 6) is 1.08. The zero-order valence-corrected chi connectivity index (χ0v) is 7.76. The molecule has 0 aromatic carbocycles. The molecule has 0 N–H and O–H groups in total. The molecular formula is C6H10N2S2. The van der Waals surface area contributed by atoms with E-state index >= 15 is 0 Å². The van der Waals surface area contributed by atoms with Crippen LogP contribution in [0.2, 0.25) is 0 Å². The van der Waals surface area contributed by atoms with Crippen LogP contribution in [0.3, 0.4) is 0 Å². The van der Waals surface area contributed by atoms with Crippen molar-refractivity contribution >= 4 is 23.5 Å². The van der Waals surface area contributed by atoms with Gasteiger partial charge in [-0.05, 0) is 12.2 Å². The summed E-state index contributed by atoms with van der Waals surface area (Å²) < 4.78 is 8.33. The second kappa shape index (κ2) is 3.93. The fourth-order valence-corrected chi connectivity index (χ4v) is 2.19. The molecule has 1 rings (SSSR count). The maximum atomic E-state index is 4.17. The monoisotopic (exact) mass is 174 g/mol. The summed E-state index contributed by atoms with van der Waals surface area (Å²) in [5.41, 5.74) is 1.15. The summed E-state index contributed by atoms with van der Waals surface area (Å²) in [6.45, 7) is 4.24. The molecule has 0 atom stereocenters. The molecule has 0 aliphatic rings. The summed E-state index contributed by atoms with van der Waals surface area (Å²) in [6.07, 6.45) is 0.999. The van der Waals surface area contributed by atoms with Gasteiger partial charge in [0.25, 0.3) is 0 Å². The van der Waals surface area contributed by atoms with Crippen molar-refractivity contribution in [1.82, 2.24) is 8.75 Å². The molecule has 0 radical (unpaired) electrons. The van der Waals surface area contributed by atoms with E-state index in [9.17, 15) is 0 Å². The van der Waals surface area contributed by atoms with E-state index in [-0.39, 0.29) is 0 Å². The molecule has 1 aromatic rings. The summed E-state index contributed by atoms with van der Waals surface area (Å²) in [4.78, 5) is 0. The van der Waals surface area contributed by atoms with Crippen LogP contribution in [0, 0.1) is 0 Å². The van der Waals surface area contributed by atoms with Crippen molar-refractivity contribution in [1.29, 1.82) is 0 Å². The summed E-state index contributed by atoms with van der Waals surface area (Å²) in [6, 6.07) is 0. The van der Waals surface area contributed by atoms with Crippen molar-refractivity contribution in [2.24, 2.45) is 0 Å². The maximum Gasteiger partial charge on any atom is 0.133 e. The van der Waals surface area contributed by atoms with Crippen LogP contribution in [0.4, 0.5) is 0 Å². The van der Waals surface area contributed by atoms with Crippen molar-refractivity contribution in [3.63, 3.8) is 0 Å². The molecule has 0 amide bonds. The standard InChI is InChI=1S/C6H10N2S2/c1-3-5-6(9-4-2)8-10-7-5/h3-4H2,1-2H3. The van der Waals surface area contributed by atoms with E-state index in [0.29, 0.717) is 0 Å². The molecule has 4 heteroatoms. The zero-order valence-electron chi connectivity index (χ0n) is 6.13. The first-order valence-corrected chi connectivity index (χ1v) is 5.04. The van der Waals surface area contributed by atoms with Gasteiger partial charge < -0.3 is 0 Å². The van der Waals surface area contributed by atoms with Gasteiger partial charge in [0.05, 0.1) is 17.4 Å². The molecule has 0 saturated heterocycles. The van der Waals surface area contributed by atoms with E-state index in [4.69, 9.17) is 0 Å². The van der Waals surface area contributed by atoms with Gasteiger partial charge in [0.1, 0.15) is 5.03 Å². The van der Waals surface area contributed by atoms with Crippen LogP contribution in [0.25, 0.3) is 0 Å². The fourth-order valence-electron chi connectivity index (χ4n) is 0.661. The lowest BCUT2D eigenvalue weighted by molar-refractivity contribution is 1.01. The Labute approximate surface area is 69.4 Å². The maximum absolute atomic E-state index is 4.17. The van der Waals surface area contributed by atoms with Gasteiger partial charge in [-0.1, -0.05) is 13.8 Å². The highest BCUT2D eigenvalue weighted by Gasteiger charge is 2.03. The molecule has 0 aliphatic heterocycles. The Morgan fingerprint density at radius 2 is 2.20 bits per heavy atom. The van der Waals surface area contributed by atoms with E-state index in [0.717, 1.165) is 22.9 Å². The number of nitrogens with zero attached hydrogens (tertiary/aromatic N) is 2. The lowest BCUT2D eigenvalue weighted by Crippen LogP contribution is -1.82. The Morgan fingerprint density at radius 1 is 1.40 bits per heavy atom. The summed E-state index contributed by atoms with van der Waals surface area (Å²) in [5, 5.41) is 1.12. The van der Waals surface area contributed by atoms with E-state index in [1.807, 2.05) is 0 Å². The Kier molecular flexibility index (Phi) is 3.15. The van der Waals surface area contributed by atoms with Crippen molar-refractivity contribution < 1.29 is 0 Å². The number of aryl methyl sites for hydroxylation is 1. The summed E-state index contributed by atoms with van der Waals surface area (Å²) >= 11 is 3.08. The smallest absolute Gasteiger partial charge is 0.133 e. The number of aromatic nitrogens is 2. The predicted octanol–water partition coefficient (Wildman–Crippen LogP) is 2.21. The molecule has 1 aromatic heterocycles. The van der Waals surface area contributed by atoms with Crippen molar-refractivity contribution in [3.8, 4) is 0 Å². The molecule has 2 nitrogen and oxygen atoms in total. The molecule has 0 spiro atoms. The number of rotatable bonds is 3. The van der Waals surface area contributed by atoms with Gasteiger partial charge in [-0.3, -0.25) is 0 Å². The highest BCUT2D eigenvalue weighted by Crippen LogP contribution is 2.19. The largest absolute Gasteiger partial charge is 0.177 e. The van der Waals surface area contributed by atoms with E-state index < -0.39 is 0 Å². The lowest BCUT2D eigenvalue weighted by Gasteiger charge is -1.92. The molecule has 0 saturated carbocycles. The number of hydrogen-bond acceptors (Lipinski definition) is 4. The van der Waals surface area contributed by atoms with E-state index in [1.54, 1.807) is 11.8 Å².